The Morgan fingerprint density at radius 2 is 1.93 bits per heavy atom. The van der Waals surface area contributed by atoms with Gasteiger partial charge in [-0.15, -0.1) is 6.58 Å². The van der Waals surface area contributed by atoms with Crippen molar-refractivity contribution in [2.24, 2.45) is 5.41 Å². The van der Waals surface area contributed by atoms with Gasteiger partial charge in [0.15, 0.2) is 0 Å². The van der Waals surface area contributed by atoms with E-state index in [9.17, 15) is 4.79 Å². The average molecular weight is 211 g/mol. The van der Waals surface area contributed by atoms with Gasteiger partial charge >= 0.3 is 5.97 Å². The van der Waals surface area contributed by atoms with Gasteiger partial charge in [0, 0.05) is 0 Å². The summed E-state index contributed by atoms with van der Waals surface area (Å²) in [5.41, 5.74) is -0.892. The molecule has 1 fully saturated rings. The van der Waals surface area contributed by atoms with E-state index in [0.29, 0.717) is 0 Å². The molecule has 1 saturated heterocycles. The molecule has 15 heavy (non-hydrogen) atoms. The highest BCUT2D eigenvalue weighted by molar-refractivity contribution is 5.79. The molecule has 0 aromatic heterocycles. The number of carbonyl (C=O) groups is 1. The number of carbonyl (C=O) groups excluding carboxylic acids is 1. The molecule has 0 aromatic carbocycles. The molecule has 0 aliphatic carbocycles. The number of piperidine rings is 1. The van der Waals surface area contributed by atoms with Crippen LogP contribution in [0.1, 0.15) is 33.6 Å². The number of hydrogen-bond donors (Lipinski definition) is 1. The second-order valence-electron chi connectivity index (χ2n) is 5.11. The van der Waals surface area contributed by atoms with Gasteiger partial charge in [-0.05, 0) is 46.7 Å². The maximum absolute atomic E-state index is 12.0. The van der Waals surface area contributed by atoms with E-state index in [2.05, 4.69) is 11.9 Å². The Kier molecular flexibility index (Phi) is 3.55. The number of ether oxygens (including phenoxy) is 1. The first-order valence-electron chi connectivity index (χ1n) is 5.47. The molecule has 0 radical (unpaired) electrons. The topological polar surface area (TPSA) is 38.3 Å². The highest BCUT2D eigenvalue weighted by Gasteiger charge is 2.39. The molecule has 0 spiro atoms. The number of rotatable bonds is 2. The van der Waals surface area contributed by atoms with Crippen LogP contribution < -0.4 is 5.32 Å². The molecule has 0 bridgehead atoms. The van der Waals surface area contributed by atoms with Crippen LogP contribution in [0.5, 0.6) is 0 Å². The van der Waals surface area contributed by atoms with Gasteiger partial charge < -0.3 is 10.1 Å². The fourth-order valence-corrected chi connectivity index (χ4v) is 1.74. The fourth-order valence-electron chi connectivity index (χ4n) is 1.74. The lowest BCUT2D eigenvalue weighted by Gasteiger charge is -2.35. The van der Waals surface area contributed by atoms with Gasteiger partial charge in [-0.25, -0.2) is 0 Å². The largest absolute Gasteiger partial charge is 0.459 e. The summed E-state index contributed by atoms with van der Waals surface area (Å²) in [6.45, 7) is 11.2. The first-order valence-corrected chi connectivity index (χ1v) is 5.47. The van der Waals surface area contributed by atoms with Crippen molar-refractivity contribution in [2.75, 3.05) is 13.1 Å². The molecule has 0 unspecified atom stereocenters. The van der Waals surface area contributed by atoms with Crippen LogP contribution in [-0.4, -0.2) is 24.7 Å². The molecule has 1 aliphatic rings. The lowest BCUT2D eigenvalue weighted by Crippen LogP contribution is -2.43. The van der Waals surface area contributed by atoms with Crippen LogP contribution in [0.3, 0.4) is 0 Å². The zero-order valence-corrected chi connectivity index (χ0v) is 9.93. The number of nitrogens with one attached hydrogen (secondary N) is 1. The van der Waals surface area contributed by atoms with Gasteiger partial charge in [0.1, 0.15) is 5.60 Å². The van der Waals surface area contributed by atoms with Crippen molar-refractivity contribution < 1.29 is 9.53 Å². The monoisotopic (exact) mass is 211 g/mol. The maximum atomic E-state index is 12.0. The minimum atomic E-state index is -0.474. The van der Waals surface area contributed by atoms with Gasteiger partial charge in [-0.2, -0.15) is 0 Å². The van der Waals surface area contributed by atoms with Crippen molar-refractivity contribution in [3.05, 3.63) is 12.7 Å². The van der Waals surface area contributed by atoms with Crippen molar-refractivity contribution in [3.8, 4) is 0 Å². The number of hydrogen-bond acceptors (Lipinski definition) is 3. The van der Waals surface area contributed by atoms with E-state index in [1.165, 1.54) is 0 Å². The molecule has 3 nitrogen and oxygen atoms in total. The third-order valence-electron chi connectivity index (χ3n) is 2.69. The summed E-state index contributed by atoms with van der Waals surface area (Å²) in [7, 11) is 0. The number of esters is 1. The summed E-state index contributed by atoms with van der Waals surface area (Å²) >= 11 is 0. The summed E-state index contributed by atoms with van der Waals surface area (Å²) in [6.07, 6.45) is 3.32. The third kappa shape index (κ3) is 3.06. The zero-order chi connectivity index (χ0) is 11.5. The normalized spacial score (nSPS) is 20.7. The van der Waals surface area contributed by atoms with Crippen molar-refractivity contribution in [1.29, 1.82) is 0 Å². The SMILES string of the molecule is C=CC1(C(=O)OC(C)(C)C)CCNCC1. The van der Waals surface area contributed by atoms with E-state index in [1.54, 1.807) is 6.08 Å². The molecular weight excluding hydrogens is 190 g/mol. The molecule has 1 N–H and O–H groups in total. The van der Waals surface area contributed by atoms with Crippen LogP contribution in [0.2, 0.25) is 0 Å². The van der Waals surface area contributed by atoms with Gasteiger partial charge in [-0.3, -0.25) is 4.79 Å². The highest BCUT2D eigenvalue weighted by atomic mass is 16.6. The van der Waals surface area contributed by atoms with E-state index < -0.39 is 11.0 Å². The Labute approximate surface area is 91.9 Å². The predicted octanol–water partition coefficient (Wildman–Crippen LogP) is 1.88. The molecule has 3 heteroatoms. The smallest absolute Gasteiger partial charge is 0.316 e. The Bertz CT molecular complexity index is 247. The van der Waals surface area contributed by atoms with Crippen LogP contribution in [0.15, 0.2) is 12.7 Å². The fraction of sp³-hybridized carbons (Fsp3) is 0.750. The molecule has 1 heterocycles. The zero-order valence-electron chi connectivity index (χ0n) is 9.93. The summed E-state index contributed by atoms with van der Waals surface area (Å²) in [6, 6.07) is 0. The molecular formula is C12H21NO2. The summed E-state index contributed by atoms with van der Waals surface area (Å²) < 4.78 is 5.43. The van der Waals surface area contributed by atoms with E-state index in [0.717, 1.165) is 25.9 Å². The molecule has 0 amide bonds. The lowest BCUT2D eigenvalue weighted by molar-refractivity contribution is -0.166. The third-order valence-corrected chi connectivity index (χ3v) is 2.69. The molecule has 0 aromatic rings. The standard InChI is InChI=1S/C12H21NO2/c1-5-12(6-8-13-9-7-12)10(14)15-11(2,3)4/h5,13H,1,6-9H2,2-4H3. The second kappa shape index (κ2) is 4.35. The summed E-state index contributed by atoms with van der Waals surface area (Å²) in [5, 5.41) is 3.24. The van der Waals surface area contributed by atoms with Crippen LogP contribution in [0, 0.1) is 5.41 Å². The maximum Gasteiger partial charge on any atom is 0.316 e. The summed E-state index contributed by atoms with van der Waals surface area (Å²) in [5.74, 6) is -0.133. The van der Waals surface area contributed by atoms with Crippen molar-refractivity contribution in [1.82, 2.24) is 5.32 Å². The predicted molar refractivity (Wildman–Crippen MR) is 60.6 cm³/mol. The molecule has 86 valence electrons. The van der Waals surface area contributed by atoms with E-state index in [4.69, 9.17) is 4.74 Å². The Hall–Kier alpha value is -0.830. The van der Waals surface area contributed by atoms with Crippen LogP contribution in [0.25, 0.3) is 0 Å². The first kappa shape index (κ1) is 12.2. The van der Waals surface area contributed by atoms with Crippen LogP contribution >= 0.6 is 0 Å². The van der Waals surface area contributed by atoms with Gasteiger partial charge in [0.05, 0.1) is 5.41 Å². The molecule has 1 rings (SSSR count). The minimum absolute atomic E-state index is 0.133. The summed E-state index contributed by atoms with van der Waals surface area (Å²) in [4.78, 5) is 12.0. The first-order chi connectivity index (χ1) is 6.90. The van der Waals surface area contributed by atoms with Gasteiger partial charge in [-0.1, -0.05) is 6.08 Å². The van der Waals surface area contributed by atoms with E-state index in [-0.39, 0.29) is 5.97 Å². The van der Waals surface area contributed by atoms with Crippen LogP contribution in [0.4, 0.5) is 0 Å². The minimum Gasteiger partial charge on any atom is -0.459 e. The van der Waals surface area contributed by atoms with Crippen molar-refractivity contribution in [3.63, 3.8) is 0 Å². The highest BCUT2D eigenvalue weighted by Crippen LogP contribution is 2.33. The van der Waals surface area contributed by atoms with E-state index in [1.807, 2.05) is 20.8 Å². The average Bonchev–Trinajstić information content (AvgIpc) is 2.16. The Morgan fingerprint density at radius 1 is 1.40 bits per heavy atom. The quantitative estimate of drug-likeness (QED) is 0.560. The van der Waals surface area contributed by atoms with Gasteiger partial charge in [0.2, 0.25) is 0 Å². The van der Waals surface area contributed by atoms with E-state index >= 15 is 0 Å². The van der Waals surface area contributed by atoms with Crippen molar-refractivity contribution >= 4 is 5.97 Å². The molecule has 1 aliphatic heterocycles. The molecule has 0 atom stereocenters. The second-order valence-corrected chi connectivity index (χ2v) is 5.11. The van der Waals surface area contributed by atoms with Crippen molar-refractivity contribution in [2.45, 2.75) is 39.2 Å². The van der Waals surface area contributed by atoms with Crippen LogP contribution in [-0.2, 0) is 9.53 Å². The Morgan fingerprint density at radius 3 is 2.33 bits per heavy atom. The van der Waals surface area contributed by atoms with Gasteiger partial charge in [0.25, 0.3) is 0 Å². The molecule has 0 saturated carbocycles. The lowest BCUT2D eigenvalue weighted by atomic mass is 9.79. The Balaban J connectivity index is 2.73.